The Balaban J connectivity index is 3.40. The highest BCUT2D eigenvalue weighted by atomic mass is 16.5. The van der Waals surface area contributed by atoms with Crippen molar-refractivity contribution >= 4 is 0 Å². The largest absolute Gasteiger partial charge is 0.394 e. The van der Waals surface area contributed by atoms with Crippen molar-refractivity contribution in [2.24, 2.45) is 0 Å². The maximum absolute atomic E-state index is 9.38. The van der Waals surface area contributed by atoms with Crippen molar-refractivity contribution in [2.75, 3.05) is 53.3 Å². The molecule has 0 bridgehead atoms. The number of aliphatic hydroxyl groups is 1. The fourth-order valence-corrected chi connectivity index (χ4v) is 1.57. The lowest BCUT2D eigenvalue weighted by Crippen LogP contribution is -2.46. The molecule has 0 aromatic carbocycles. The minimum atomic E-state index is -0.241. The van der Waals surface area contributed by atoms with Gasteiger partial charge in [0, 0.05) is 32.5 Å². The first-order valence-corrected chi connectivity index (χ1v) is 7.19. The van der Waals surface area contributed by atoms with Gasteiger partial charge in [-0.1, -0.05) is 6.92 Å². The summed E-state index contributed by atoms with van der Waals surface area (Å²) in [6.45, 7) is 8.47. The molecule has 0 aliphatic heterocycles. The third-order valence-corrected chi connectivity index (χ3v) is 2.96. The quantitative estimate of drug-likeness (QED) is 0.467. The molecule has 1 unspecified atom stereocenters. The SMILES string of the molecule is CCCNC(C)(CO)CCOCCOCCCOC. The highest BCUT2D eigenvalue weighted by molar-refractivity contribution is 4.81. The van der Waals surface area contributed by atoms with Crippen molar-refractivity contribution in [3.63, 3.8) is 0 Å². The number of nitrogens with one attached hydrogen (secondary N) is 1. The average molecular weight is 277 g/mol. The van der Waals surface area contributed by atoms with Crippen molar-refractivity contribution in [2.45, 2.75) is 38.6 Å². The lowest BCUT2D eigenvalue weighted by atomic mass is 9.99. The normalized spacial score (nSPS) is 14.5. The van der Waals surface area contributed by atoms with Crippen molar-refractivity contribution in [3.8, 4) is 0 Å². The molecule has 0 rings (SSSR count). The van der Waals surface area contributed by atoms with Crippen LogP contribution >= 0.6 is 0 Å². The number of rotatable bonds is 14. The zero-order valence-electron chi connectivity index (χ0n) is 12.7. The lowest BCUT2D eigenvalue weighted by molar-refractivity contribution is 0.0287. The molecular formula is C14H31NO4. The van der Waals surface area contributed by atoms with Gasteiger partial charge in [-0.3, -0.25) is 0 Å². The second-order valence-corrected chi connectivity index (χ2v) is 4.97. The molecule has 0 heterocycles. The van der Waals surface area contributed by atoms with Crippen LogP contribution in [0, 0.1) is 0 Å². The van der Waals surface area contributed by atoms with Crippen LogP contribution in [0.1, 0.15) is 33.1 Å². The number of ether oxygens (including phenoxy) is 3. The molecule has 5 nitrogen and oxygen atoms in total. The first kappa shape index (κ1) is 18.8. The molecule has 0 saturated carbocycles. The molecule has 2 N–H and O–H groups in total. The molecule has 0 aromatic rings. The molecule has 0 saturated heterocycles. The zero-order valence-corrected chi connectivity index (χ0v) is 12.7. The van der Waals surface area contributed by atoms with Crippen LogP contribution in [0.2, 0.25) is 0 Å². The van der Waals surface area contributed by atoms with Gasteiger partial charge in [0.25, 0.3) is 0 Å². The number of aliphatic hydroxyl groups excluding tert-OH is 1. The van der Waals surface area contributed by atoms with Gasteiger partial charge in [-0.05, 0) is 32.7 Å². The van der Waals surface area contributed by atoms with Crippen molar-refractivity contribution in [1.29, 1.82) is 0 Å². The van der Waals surface area contributed by atoms with E-state index in [2.05, 4.69) is 12.2 Å². The Morgan fingerprint density at radius 2 is 1.74 bits per heavy atom. The van der Waals surface area contributed by atoms with E-state index in [0.29, 0.717) is 26.4 Å². The zero-order chi connectivity index (χ0) is 14.4. The summed E-state index contributed by atoms with van der Waals surface area (Å²) in [6, 6.07) is 0. The molecule has 0 aliphatic carbocycles. The summed E-state index contributed by atoms with van der Waals surface area (Å²) < 4.78 is 15.8. The van der Waals surface area contributed by atoms with Crippen LogP contribution in [0.25, 0.3) is 0 Å². The smallest absolute Gasteiger partial charge is 0.0700 e. The van der Waals surface area contributed by atoms with Gasteiger partial charge in [-0.15, -0.1) is 0 Å². The van der Waals surface area contributed by atoms with Gasteiger partial charge in [0.2, 0.25) is 0 Å². The van der Waals surface area contributed by atoms with Crippen molar-refractivity contribution < 1.29 is 19.3 Å². The Morgan fingerprint density at radius 1 is 1.05 bits per heavy atom. The Labute approximate surface area is 117 Å². The minimum Gasteiger partial charge on any atom is -0.394 e. The summed E-state index contributed by atoms with van der Waals surface area (Å²) in [7, 11) is 1.69. The summed E-state index contributed by atoms with van der Waals surface area (Å²) in [4.78, 5) is 0. The number of hydrogen-bond donors (Lipinski definition) is 2. The molecule has 116 valence electrons. The standard InChI is InChI=1S/C14H31NO4/c1-4-7-15-14(2,13-16)6-10-19-12-11-18-9-5-8-17-3/h15-16H,4-13H2,1-3H3. The van der Waals surface area contributed by atoms with E-state index in [1.54, 1.807) is 7.11 Å². The Morgan fingerprint density at radius 3 is 2.32 bits per heavy atom. The van der Waals surface area contributed by atoms with Crippen LogP contribution in [-0.4, -0.2) is 63.9 Å². The monoisotopic (exact) mass is 277 g/mol. The van der Waals surface area contributed by atoms with E-state index in [0.717, 1.165) is 32.4 Å². The second kappa shape index (κ2) is 12.8. The van der Waals surface area contributed by atoms with Gasteiger partial charge in [0.1, 0.15) is 0 Å². The highest BCUT2D eigenvalue weighted by Crippen LogP contribution is 2.08. The fourth-order valence-electron chi connectivity index (χ4n) is 1.57. The van der Waals surface area contributed by atoms with E-state index in [4.69, 9.17) is 14.2 Å². The van der Waals surface area contributed by atoms with Crippen molar-refractivity contribution in [1.82, 2.24) is 5.32 Å². The summed E-state index contributed by atoms with van der Waals surface area (Å²) in [5.74, 6) is 0. The van der Waals surface area contributed by atoms with E-state index in [1.165, 1.54) is 0 Å². The fraction of sp³-hybridized carbons (Fsp3) is 1.00. The summed E-state index contributed by atoms with van der Waals surface area (Å²) >= 11 is 0. The summed E-state index contributed by atoms with van der Waals surface area (Å²) in [5, 5.41) is 12.7. The van der Waals surface area contributed by atoms with Crippen molar-refractivity contribution in [3.05, 3.63) is 0 Å². The van der Waals surface area contributed by atoms with E-state index < -0.39 is 0 Å². The van der Waals surface area contributed by atoms with Crippen LogP contribution < -0.4 is 5.32 Å². The first-order valence-electron chi connectivity index (χ1n) is 7.19. The molecular weight excluding hydrogens is 246 g/mol. The summed E-state index contributed by atoms with van der Waals surface area (Å²) in [5.41, 5.74) is -0.241. The maximum atomic E-state index is 9.38. The topological polar surface area (TPSA) is 60.0 Å². The van der Waals surface area contributed by atoms with E-state index in [9.17, 15) is 5.11 Å². The Bertz CT molecular complexity index is 192. The molecule has 0 spiro atoms. The Hall–Kier alpha value is -0.200. The molecule has 0 aromatic heterocycles. The third-order valence-electron chi connectivity index (χ3n) is 2.96. The molecule has 0 radical (unpaired) electrons. The molecule has 1 atom stereocenters. The molecule has 19 heavy (non-hydrogen) atoms. The van der Waals surface area contributed by atoms with Crippen LogP contribution in [-0.2, 0) is 14.2 Å². The Kier molecular flexibility index (Phi) is 12.7. The van der Waals surface area contributed by atoms with Gasteiger partial charge in [0.15, 0.2) is 0 Å². The van der Waals surface area contributed by atoms with Crippen LogP contribution in [0.3, 0.4) is 0 Å². The van der Waals surface area contributed by atoms with Gasteiger partial charge < -0.3 is 24.6 Å². The van der Waals surface area contributed by atoms with E-state index in [1.807, 2.05) is 6.92 Å². The lowest BCUT2D eigenvalue weighted by Gasteiger charge is -2.28. The molecule has 5 heteroatoms. The van der Waals surface area contributed by atoms with Gasteiger partial charge in [-0.2, -0.15) is 0 Å². The minimum absolute atomic E-state index is 0.129. The maximum Gasteiger partial charge on any atom is 0.0700 e. The predicted octanol–water partition coefficient (Wildman–Crippen LogP) is 1.20. The third kappa shape index (κ3) is 11.3. The molecule has 0 aliphatic rings. The highest BCUT2D eigenvalue weighted by Gasteiger charge is 2.21. The van der Waals surface area contributed by atoms with Gasteiger partial charge in [-0.25, -0.2) is 0 Å². The average Bonchev–Trinajstić information content (AvgIpc) is 2.43. The first-order chi connectivity index (χ1) is 9.18. The van der Waals surface area contributed by atoms with E-state index in [-0.39, 0.29) is 12.1 Å². The molecule has 0 amide bonds. The van der Waals surface area contributed by atoms with Crippen LogP contribution in [0.4, 0.5) is 0 Å². The number of methoxy groups -OCH3 is 1. The molecule has 0 fully saturated rings. The van der Waals surface area contributed by atoms with E-state index >= 15 is 0 Å². The second-order valence-electron chi connectivity index (χ2n) is 4.97. The van der Waals surface area contributed by atoms with Gasteiger partial charge >= 0.3 is 0 Å². The van der Waals surface area contributed by atoms with Crippen LogP contribution in [0.5, 0.6) is 0 Å². The number of hydrogen-bond acceptors (Lipinski definition) is 5. The predicted molar refractivity (Wildman–Crippen MR) is 76.5 cm³/mol. The van der Waals surface area contributed by atoms with Gasteiger partial charge in [0.05, 0.1) is 19.8 Å². The van der Waals surface area contributed by atoms with Crippen LogP contribution in [0.15, 0.2) is 0 Å². The summed E-state index contributed by atoms with van der Waals surface area (Å²) in [6.07, 6.45) is 2.78.